The number of amides is 4. The van der Waals surface area contributed by atoms with E-state index in [0.29, 0.717) is 24.1 Å². The standard InChI is InChI=1S/C25H18FI2N3O7/c1-36-24(34)20-6-5-16(38-20)11-31-23(33)19(30-25(31)35)9-13-7-17(27)22(18(28)8-13)37-12-21(32)29-15-4-2-3-14(26)10-15/h2-10H,11-12H2,1H3,(H,29,32)(H,30,35)/b19-9-. The fourth-order valence-electron chi connectivity index (χ4n) is 3.41. The van der Waals surface area contributed by atoms with E-state index in [9.17, 15) is 23.6 Å². The first-order chi connectivity index (χ1) is 18.1. The zero-order valence-electron chi connectivity index (χ0n) is 19.5. The molecule has 0 bridgehead atoms. The number of nitrogens with zero attached hydrogens (tertiary/aromatic N) is 1. The number of methoxy groups -OCH3 is 1. The summed E-state index contributed by atoms with van der Waals surface area (Å²) in [5, 5.41) is 5.09. The van der Waals surface area contributed by atoms with Gasteiger partial charge in [0.2, 0.25) is 5.76 Å². The minimum absolute atomic E-state index is 0.0387. The number of rotatable bonds is 8. The molecule has 13 heteroatoms. The quantitative estimate of drug-likeness (QED) is 0.150. The Kier molecular flexibility index (Phi) is 8.65. The molecule has 2 heterocycles. The third-order valence-electron chi connectivity index (χ3n) is 5.11. The van der Waals surface area contributed by atoms with Gasteiger partial charge in [-0.25, -0.2) is 14.0 Å². The average Bonchev–Trinajstić information content (AvgIpc) is 3.43. The number of hydrogen-bond acceptors (Lipinski definition) is 7. The molecule has 1 aliphatic heterocycles. The minimum atomic E-state index is -0.669. The first kappa shape index (κ1) is 27.6. The molecule has 4 amide bonds. The van der Waals surface area contributed by atoms with Crippen LogP contribution >= 0.6 is 45.2 Å². The van der Waals surface area contributed by atoms with Gasteiger partial charge in [0, 0.05) is 5.69 Å². The summed E-state index contributed by atoms with van der Waals surface area (Å²) in [6.45, 7) is -0.463. The smallest absolute Gasteiger partial charge is 0.373 e. The molecule has 38 heavy (non-hydrogen) atoms. The van der Waals surface area contributed by atoms with Gasteiger partial charge in [0.05, 0.1) is 20.8 Å². The van der Waals surface area contributed by atoms with E-state index in [4.69, 9.17) is 9.15 Å². The summed E-state index contributed by atoms with van der Waals surface area (Å²) in [4.78, 5) is 50.0. The van der Waals surface area contributed by atoms with Crippen molar-refractivity contribution < 1.29 is 37.5 Å². The van der Waals surface area contributed by atoms with Crippen LogP contribution in [-0.4, -0.2) is 42.4 Å². The highest BCUT2D eigenvalue weighted by atomic mass is 127. The van der Waals surface area contributed by atoms with Gasteiger partial charge in [-0.15, -0.1) is 0 Å². The second kappa shape index (κ2) is 11.9. The van der Waals surface area contributed by atoms with E-state index in [1.165, 1.54) is 43.5 Å². The molecule has 2 aromatic carbocycles. The Morgan fingerprint density at radius 1 is 1.13 bits per heavy atom. The van der Waals surface area contributed by atoms with Crippen molar-refractivity contribution in [2.45, 2.75) is 6.54 Å². The predicted octanol–water partition coefficient (Wildman–Crippen LogP) is 4.52. The average molecular weight is 745 g/mol. The number of anilines is 1. The number of hydrogen-bond donors (Lipinski definition) is 2. The second-order valence-corrected chi connectivity index (χ2v) is 10.1. The number of urea groups is 1. The Hall–Kier alpha value is -3.47. The van der Waals surface area contributed by atoms with Crippen molar-refractivity contribution in [2.75, 3.05) is 19.0 Å². The normalized spacial score (nSPS) is 14.0. The number of halogens is 3. The third kappa shape index (κ3) is 6.50. The number of esters is 1. The highest BCUT2D eigenvalue weighted by Gasteiger charge is 2.34. The molecule has 3 aromatic rings. The van der Waals surface area contributed by atoms with Gasteiger partial charge in [-0.3, -0.25) is 14.5 Å². The van der Waals surface area contributed by atoms with E-state index in [1.54, 1.807) is 18.2 Å². The molecular weight excluding hydrogens is 727 g/mol. The molecule has 0 atom stereocenters. The monoisotopic (exact) mass is 745 g/mol. The molecule has 1 fully saturated rings. The van der Waals surface area contributed by atoms with Gasteiger partial charge in [0.1, 0.15) is 23.0 Å². The van der Waals surface area contributed by atoms with Crippen molar-refractivity contribution in [3.05, 3.63) is 84.3 Å². The van der Waals surface area contributed by atoms with E-state index in [2.05, 4.69) is 15.4 Å². The summed E-state index contributed by atoms with van der Waals surface area (Å²) in [5.41, 5.74) is 0.995. The van der Waals surface area contributed by atoms with Gasteiger partial charge >= 0.3 is 12.0 Å². The maximum absolute atomic E-state index is 13.3. The summed E-state index contributed by atoms with van der Waals surface area (Å²) in [7, 11) is 1.21. The Labute approximate surface area is 242 Å². The largest absolute Gasteiger partial charge is 0.482 e. The fraction of sp³-hybridized carbons (Fsp3) is 0.120. The first-order valence-corrected chi connectivity index (χ1v) is 13.0. The minimum Gasteiger partial charge on any atom is -0.482 e. The summed E-state index contributed by atoms with van der Waals surface area (Å²) >= 11 is 4.08. The lowest BCUT2D eigenvalue weighted by Gasteiger charge is -2.12. The predicted molar refractivity (Wildman–Crippen MR) is 150 cm³/mol. The van der Waals surface area contributed by atoms with Crippen LogP contribution in [0.25, 0.3) is 6.08 Å². The number of carbonyl (C=O) groups is 4. The molecule has 2 N–H and O–H groups in total. The van der Waals surface area contributed by atoms with E-state index < -0.39 is 29.6 Å². The number of imide groups is 1. The van der Waals surface area contributed by atoms with Crippen LogP contribution in [0.4, 0.5) is 14.9 Å². The Balaban J connectivity index is 1.42. The van der Waals surface area contributed by atoms with E-state index in [-0.39, 0.29) is 30.4 Å². The molecule has 0 aliphatic carbocycles. The highest BCUT2D eigenvalue weighted by Crippen LogP contribution is 2.30. The highest BCUT2D eigenvalue weighted by molar-refractivity contribution is 14.1. The van der Waals surface area contributed by atoms with Crippen LogP contribution in [0.15, 0.2) is 58.6 Å². The van der Waals surface area contributed by atoms with Crippen LogP contribution in [0.3, 0.4) is 0 Å². The second-order valence-electron chi connectivity index (χ2n) is 7.80. The van der Waals surface area contributed by atoms with Gasteiger partial charge < -0.3 is 24.5 Å². The van der Waals surface area contributed by atoms with Crippen LogP contribution < -0.4 is 15.4 Å². The first-order valence-electron chi connectivity index (χ1n) is 10.8. The zero-order valence-corrected chi connectivity index (χ0v) is 23.9. The van der Waals surface area contributed by atoms with Crippen molar-refractivity contribution in [2.24, 2.45) is 0 Å². The Bertz CT molecular complexity index is 1450. The number of nitrogens with one attached hydrogen (secondary N) is 2. The van der Waals surface area contributed by atoms with Crippen LogP contribution in [0.2, 0.25) is 0 Å². The summed E-state index contributed by atoms with van der Waals surface area (Å²) < 4.78 is 30.2. The third-order valence-corrected chi connectivity index (χ3v) is 6.71. The summed E-state index contributed by atoms with van der Waals surface area (Å²) in [6, 6.07) is 11.2. The lowest BCUT2D eigenvalue weighted by molar-refractivity contribution is -0.123. The van der Waals surface area contributed by atoms with Gasteiger partial charge in [0.15, 0.2) is 6.61 Å². The van der Waals surface area contributed by atoms with Crippen LogP contribution in [0.1, 0.15) is 21.9 Å². The van der Waals surface area contributed by atoms with Crippen molar-refractivity contribution >= 4 is 80.8 Å². The molecule has 10 nitrogen and oxygen atoms in total. The molecule has 1 saturated heterocycles. The molecule has 1 aromatic heterocycles. The SMILES string of the molecule is COC(=O)c1ccc(CN2C(=O)N/C(=C\c3cc(I)c(OCC(=O)Nc4cccc(F)c4)c(I)c3)C2=O)o1. The Morgan fingerprint density at radius 2 is 1.87 bits per heavy atom. The molecule has 0 unspecified atom stereocenters. The Morgan fingerprint density at radius 3 is 2.55 bits per heavy atom. The van der Waals surface area contributed by atoms with Crippen molar-refractivity contribution in [3.63, 3.8) is 0 Å². The number of ether oxygens (including phenoxy) is 2. The molecule has 0 saturated carbocycles. The van der Waals surface area contributed by atoms with E-state index in [1.807, 2.05) is 45.2 Å². The molecule has 4 rings (SSSR count). The van der Waals surface area contributed by atoms with Crippen LogP contribution in [-0.2, 0) is 20.9 Å². The molecule has 196 valence electrons. The number of carbonyl (C=O) groups excluding carboxylic acids is 4. The number of furan rings is 1. The van der Waals surface area contributed by atoms with E-state index >= 15 is 0 Å². The lowest BCUT2D eigenvalue weighted by atomic mass is 10.2. The van der Waals surface area contributed by atoms with Crippen LogP contribution in [0, 0.1) is 13.0 Å². The lowest BCUT2D eigenvalue weighted by Crippen LogP contribution is -2.30. The number of benzene rings is 2. The molecular formula is C25H18FI2N3O7. The van der Waals surface area contributed by atoms with Gasteiger partial charge in [0.25, 0.3) is 11.8 Å². The van der Waals surface area contributed by atoms with Gasteiger partial charge in [-0.1, -0.05) is 6.07 Å². The maximum atomic E-state index is 13.3. The van der Waals surface area contributed by atoms with E-state index in [0.717, 1.165) is 4.90 Å². The van der Waals surface area contributed by atoms with Gasteiger partial charge in [-0.05, 0) is 99.3 Å². The summed E-state index contributed by atoms with van der Waals surface area (Å²) in [6.07, 6.45) is 1.52. The summed E-state index contributed by atoms with van der Waals surface area (Å²) in [5.74, 6) is -1.49. The van der Waals surface area contributed by atoms with Crippen molar-refractivity contribution in [3.8, 4) is 5.75 Å². The molecule has 1 aliphatic rings. The van der Waals surface area contributed by atoms with Crippen molar-refractivity contribution in [1.29, 1.82) is 0 Å². The molecule has 0 radical (unpaired) electrons. The fourth-order valence-corrected chi connectivity index (χ4v) is 5.54. The van der Waals surface area contributed by atoms with Gasteiger partial charge in [-0.2, -0.15) is 0 Å². The van der Waals surface area contributed by atoms with Crippen molar-refractivity contribution in [1.82, 2.24) is 10.2 Å². The topological polar surface area (TPSA) is 127 Å². The van der Waals surface area contributed by atoms with Crippen LogP contribution in [0.5, 0.6) is 5.75 Å². The molecule has 0 spiro atoms. The maximum Gasteiger partial charge on any atom is 0.373 e. The zero-order chi connectivity index (χ0) is 27.4.